The predicted octanol–water partition coefficient (Wildman–Crippen LogP) is 3.34. The topological polar surface area (TPSA) is 51.2 Å². The van der Waals surface area contributed by atoms with Gasteiger partial charge in [0.1, 0.15) is 6.61 Å². The van der Waals surface area contributed by atoms with Gasteiger partial charge in [-0.05, 0) is 38.0 Å². The number of hydrogen-bond acceptors (Lipinski definition) is 3. The van der Waals surface area contributed by atoms with Crippen LogP contribution < -0.4 is 5.32 Å². The van der Waals surface area contributed by atoms with E-state index in [4.69, 9.17) is 11.2 Å². The van der Waals surface area contributed by atoms with Crippen LogP contribution in [0.3, 0.4) is 0 Å². The summed E-state index contributed by atoms with van der Waals surface area (Å²) in [6.45, 7) is 6.27. The molecule has 0 saturated carbocycles. The van der Waals surface area contributed by atoms with Crippen molar-refractivity contribution in [3.8, 4) is 12.3 Å². The molecule has 0 aliphatic heterocycles. The fourth-order valence-corrected chi connectivity index (χ4v) is 2.46. The van der Waals surface area contributed by atoms with Gasteiger partial charge in [0.15, 0.2) is 0 Å². The minimum atomic E-state index is -0.144. The van der Waals surface area contributed by atoms with Gasteiger partial charge in [0.05, 0.1) is 23.9 Å². The van der Waals surface area contributed by atoms with Crippen LogP contribution in [0.4, 0.5) is 0 Å². The van der Waals surface area contributed by atoms with Crippen molar-refractivity contribution in [3.63, 3.8) is 0 Å². The van der Waals surface area contributed by atoms with E-state index in [1.54, 1.807) is 0 Å². The Balaban J connectivity index is 2.16. The van der Waals surface area contributed by atoms with Crippen LogP contribution in [0.2, 0.25) is 0 Å². The summed E-state index contributed by atoms with van der Waals surface area (Å²) in [5.41, 5.74) is 4.03. The van der Waals surface area contributed by atoms with Crippen molar-refractivity contribution in [2.24, 2.45) is 0 Å². The van der Waals surface area contributed by atoms with Crippen molar-refractivity contribution >= 4 is 5.91 Å². The van der Waals surface area contributed by atoms with Crippen LogP contribution in [0.15, 0.2) is 36.4 Å². The van der Waals surface area contributed by atoms with Gasteiger partial charge < -0.3 is 10.1 Å². The zero-order chi connectivity index (χ0) is 17.5. The van der Waals surface area contributed by atoms with Gasteiger partial charge in [0, 0.05) is 5.69 Å². The first kappa shape index (κ1) is 17.7. The van der Waals surface area contributed by atoms with Crippen molar-refractivity contribution in [3.05, 3.63) is 64.5 Å². The maximum absolute atomic E-state index is 12.6. The third-order valence-corrected chi connectivity index (χ3v) is 3.84. The summed E-state index contributed by atoms with van der Waals surface area (Å²) in [5.74, 6) is 2.28. The van der Waals surface area contributed by atoms with E-state index in [-0.39, 0.29) is 18.6 Å². The van der Waals surface area contributed by atoms with Gasteiger partial charge in [-0.15, -0.1) is 6.42 Å². The van der Waals surface area contributed by atoms with E-state index in [0.29, 0.717) is 17.9 Å². The number of carbonyl (C=O) groups is 1. The van der Waals surface area contributed by atoms with Gasteiger partial charge in [0.25, 0.3) is 5.91 Å². The Bertz CT molecular complexity index is 748. The Morgan fingerprint density at radius 3 is 2.67 bits per heavy atom. The maximum atomic E-state index is 12.6. The highest BCUT2D eigenvalue weighted by Gasteiger charge is 2.16. The molecule has 0 saturated heterocycles. The van der Waals surface area contributed by atoms with Gasteiger partial charge in [-0.1, -0.05) is 36.3 Å². The first-order valence-corrected chi connectivity index (χ1v) is 7.87. The fourth-order valence-electron chi connectivity index (χ4n) is 2.46. The highest BCUT2D eigenvalue weighted by atomic mass is 16.5. The monoisotopic (exact) mass is 322 g/mol. The number of carbonyl (C=O) groups excluding carboxylic acids is 1. The van der Waals surface area contributed by atoms with E-state index in [1.807, 2.05) is 57.2 Å². The molecular weight excluding hydrogens is 300 g/mol. The molecule has 0 bridgehead atoms. The molecule has 1 N–H and O–H groups in total. The van der Waals surface area contributed by atoms with Gasteiger partial charge >= 0.3 is 0 Å². The van der Waals surface area contributed by atoms with E-state index in [9.17, 15) is 4.79 Å². The van der Waals surface area contributed by atoms with E-state index in [2.05, 4.69) is 16.2 Å². The molecule has 4 heteroatoms. The third kappa shape index (κ3) is 4.43. The van der Waals surface area contributed by atoms with Gasteiger partial charge in [-0.25, -0.2) is 0 Å². The van der Waals surface area contributed by atoms with Gasteiger partial charge in [0.2, 0.25) is 0 Å². The second-order valence-corrected chi connectivity index (χ2v) is 5.67. The largest absolute Gasteiger partial charge is 0.364 e. The normalized spacial score (nSPS) is 11.6. The number of aryl methyl sites for hydroxylation is 2. The summed E-state index contributed by atoms with van der Waals surface area (Å²) in [6.07, 6.45) is 5.19. The Kier molecular flexibility index (Phi) is 6.11. The molecule has 2 rings (SSSR count). The number of benzene rings is 1. The third-order valence-electron chi connectivity index (χ3n) is 3.84. The summed E-state index contributed by atoms with van der Waals surface area (Å²) in [6, 6.07) is 11.6. The average Bonchev–Trinajstić information content (AvgIpc) is 2.57. The lowest BCUT2D eigenvalue weighted by Crippen LogP contribution is -2.27. The van der Waals surface area contributed by atoms with E-state index < -0.39 is 0 Å². The Labute approximate surface area is 143 Å². The Morgan fingerprint density at radius 2 is 2.00 bits per heavy atom. The van der Waals surface area contributed by atoms with Crippen LogP contribution in [0.25, 0.3) is 0 Å². The lowest BCUT2D eigenvalue weighted by Gasteiger charge is -2.16. The minimum Gasteiger partial charge on any atom is -0.364 e. The molecule has 0 aliphatic carbocycles. The second-order valence-electron chi connectivity index (χ2n) is 5.67. The highest BCUT2D eigenvalue weighted by Crippen LogP contribution is 2.16. The summed E-state index contributed by atoms with van der Waals surface area (Å²) in [4.78, 5) is 17.1. The molecule has 1 atom stereocenters. The van der Waals surface area contributed by atoms with Crippen LogP contribution in [0.1, 0.15) is 45.8 Å². The number of pyridine rings is 1. The quantitative estimate of drug-likeness (QED) is 0.655. The Hall–Kier alpha value is -2.64. The number of amides is 1. The van der Waals surface area contributed by atoms with Crippen LogP contribution >= 0.6 is 0 Å². The standard InChI is InChI=1S/C20H22N2O2/c1-5-11-24-13-18-12-19(16(4)21-15(18)3)20(23)22-14(2)17-9-7-6-8-10-17/h1,6-10,12,14H,11,13H2,2-4H3,(H,22,23)/t14-/m0/s1. The predicted molar refractivity (Wildman–Crippen MR) is 94.5 cm³/mol. The lowest BCUT2D eigenvalue weighted by atomic mass is 10.1. The molecule has 1 heterocycles. The second kappa shape index (κ2) is 8.28. The zero-order valence-corrected chi connectivity index (χ0v) is 14.3. The minimum absolute atomic E-state index is 0.0828. The molecule has 124 valence electrons. The number of terminal acetylenes is 1. The van der Waals surface area contributed by atoms with Crippen LogP contribution in [0.5, 0.6) is 0 Å². The summed E-state index contributed by atoms with van der Waals surface area (Å²) in [7, 11) is 0. The van der Waals surface area contributed by atoms with Crippen LogP contribution in [-0.4, -0.2) is 17.5 Å². The number of nitrogens with one attached hydrogen (secondary N) is 1. The molecule has 0 spiro atoms. The van der Waals surface area contributed by atoms with E-state index >= 15 is 0 Å². The zero-order valence-electron chi connectivity index (χ0n) is 14.3. The molecule has 0 unspecified atom stereocenters. The lowest BCUT2D eigenvalue weighted by molar-refractivity contribution is 0.0938. The fraction of sp³-hybridized carbons (Fsp3) is 0.300. The van der Waals surface area contributed by atoms with Crippen molar-refractivity contribution in [1.82, 2.24) is 10.3 Å². The van der Waals surface area contributed by atoms with E-state index in [1.165, 1.54) is 0 Å². The van der Waals surface area contributed by atoms with Crippen LogP contribution in [-0.2, 0) is 11.3 Å². The van der Waals surface area contributed by atoms with Crippen molar-refractivity contribution in [1.29, 1.82) is 0 Å². The number of nitrogens with zero attached hydrogens (tertiary/aromatic N) is 1. The molecule has 2 aromatic rings. The summed E-state index contributed by atoms with van der Waals surface area (Å²) >= 11 is 0. The average molecular weight is 322 g/mol. The first-order valence-electron chi connectivity index (χ1n) is 7.87. The molecule has 1 aromatic carbocycles. The van der Waals surface area contributed by atoms with E-state index in [0.717, 1.165) is 16.8 Å². The molecule has 0 radical (unpaired) electrons. The molecular formula is C20H22N2O2. The van der Waals surface area contributed by atoms with Gasteiger partial charge in [-0.2, -0.15) is 0 Å². The molecule has 0 aliphatic rings. The van der Waals surface area contributed by atoms with Crippen LogP contribution in [0, 0.1) is 26.2 Å². The first-order chi connectivity index (χ1) is 11.5. The highest BCUT2D eigenvalue weighted by molar-refractivity contribution is 5.95. The number of aromatic nitrogens is 1. The number of rotatable bonds is 6. The van der Waals surface area contributed by atoms with Gasteiger partial charge in [-0.3, -0.25) is 9.78 Å². The molecule has 1 aromatic heterocycles. The SMILES string of the molecule is C#CCOCc1cc(C(=O)N[C@@H](C)c2ccccc2)c(C)nc1C. The van der Waals surface area contributed by atoms with Crippen molar-refractivity contribution in [2.45, 2.75) is 33.4 Å². The summed E-state index contributed by atoms with van der Waals surface area (Å²) in [5, 5.41) is 3.02. The Morgan fingerprint density at radius 1 is 1.29 bits per heavy atom. The number of ether oxygens (including phenoxy) is 1. The van der Waals surface area contributed by atoms with Crippen molar-refractivity contribution in [2.75, 3.05) is 6.61 Å². The molecule has 4 nitrogen and oxygen atoms in total. The van der Waals surface area contributed by atoms with Crippen molar-refractivity contribution < 1.29 is 9.53 Å². The molecule has 0 fully saturated rings. The smallest absolute Gasteiger partial charge is 0.253 e. The maximum Gasteiger partial charge on any atom is 0.253 e. The molecule has 1 amide bonds. The number of hydrogen-bond donors (Lipinski definition) is 1. The summed E-state index contributed by atoms with van der Waals surface area (Å²) < 4.78 is 5.37. The molecule has 24 heavy (non-hydrogen) atoms.